The van der Waals surface area contributed by atoms with Gasteiger partial charge in [0.15, 0.2) is 0 Å². The highest BCUT2D eigenvalue weighted by atomic mass is 16.4. The van der Waals surface area contributed by atoms with Crippen molar-refractivity contribution in [1.82, 2.24) is 0 Å². The highest BCUT2D eigenvalue weighted by Crippen LogP contribution is 2.26. The van der Waals surface area contributed by atoms with E-state index in [0.717, 1.165) is 32.1 Å². The van der Waals surface area contributed by atoms with Crippen LogP contribution in [0.15, 0.2) is 0 Å². The van der Waals surface area contributed by atoms with Crippen molar-refractivity contribution in [2.75, 3.05) is 0 Å². The number of carboxylic acids is 1. The normalized spacial score (nSPS) is 18.5. The van der Waals surface area contributed by atoms with Crippen LogP contribution in [0.2, 0.25) is 0 Å². The second-order valence-electron chi connectivity index (χ2n) is 7.44. The molecule has 3 atom stereocenters. The topological polar surface area (TPSA) is 77.8 Å². The number of unbranched alkanes of at least 4 members (excludes halogenated alkanes) is 2. The maximum absolute atomic E-state index is 10.8. The molecule has 0 spiro atoms. The van der Waals surface area contributed by atoms with Crippen molar-refractivity contribution in [3.63, 3.8) is 0 Å². The van der Waals surface area contributed by atoms with Crippen molar-refractivity contribution < 1.29 is 20.1 Å². The maximum atomic E-state index is 10.8. The van der Waals surface area contributed by atoms with E-state index in [9.17, 15) is 15.0 Å². The first kappa shape index (κ1) is 21.4. The summed E-state index contributed by atoms with van der Waals surface area (Å²) in [6.45, 7) is 7.54. The zero-order chi connectivity index (χ0) is 17.2. The number of rotatable bonds is 13. The highest BCUT2D eigenvalue weighted by Gasteiger charge is 2.24. The van der Waals surface area contributed by atoms with Gasteiger partial charge in [-0.25, -0.2) is 0 Å². The first-order chi connectivity index (χ1) is 10.1. The number of carbonyl (C=O) groups is 1. The van der Waals surface area contributed by atoms with Crippen molar-refractivity contribution in [2.24, 2.45) is 5.92 Å². The molecular formula is C18H36O4. The van der Waals surface area contributed by atoms with Crippen LogP contribution in [-0.2, 0) is 4.79 Å². The fourth-order valence-electron chi connectivity index (χ4n) is 2.77. The molecule has 0 amide bonds. The molecular weight excluding hydrogens is 280 g/mol. The van der Waals surface area contributed by atoms with Gasteiger partial charge in [0.2, 0.25) is 0 Å². The van der Waals surface area contributed by atoms with Crippen LogP contribution in [-0.4, -0.2) is 32.5 Å². The van der Waals surface area contributed by atoms with Crippen LogP contribution in [0.4, 0.5) is 0 Å². The third-order valence-corrected chi connectivity index (χ3v) is 4.52. The lowest BCUT2D eigenvalue weighted by atomic mass is 9.87. The van der Waals surface area contributed by atoms with Crippen molar-refractivity contribution in [1.29, 1.82) is 0 Å². The molecule has 4 nitrogen and oxygen atoms in total. The van der Waals surface area contributed by atoms with Crippen LogP contribution >= 0.6 is 0 Å². The average molecular weight is 316 g/mol. The number of carboxylic acid groups (broad SMARTS) is 1. The first-order valence-electron chi connectivity index (χ1n) is 8.77. The summed E-state index contributed by atoms with van der Waals surface area (Å²) < 4.78 is 0. The molecule has 0 aliphatic heterocycles. The van der Waals surface area contributed by atoms with Crippen molar-refractivity contribution >= 4 is 5.97 Å². The van der Waals surface area contributed by atoms with E-state index in [-0.39, 0.29) is 5.92 Å². The lowest BCUT2D eigenvalue weighted by molar-refractivity contribution is -0.141. The summed E-state index contributed by atoms with van der Waals surface area (Å²) in [4.78, 5) is 10.8. The summed E-state index contributed by atoms with van der Waals surface area (Å²) in [6, 6.07) is 0. The fraction of sp³-hybridized carbons (Fsp3) is 0.944. The second kappa shape index (κ2) is 10.2. The molecule has 3 N–H and O–H groups in total. The minimum atomic E-state index is -0.775. The summed E-state index contributed by atoms with van der Waals surface area (Å²) in [7, 11) is 0. The van der Waals surface area contributed by atoms with Gasteiger partial charge >= 0.3 is 5.97 Å². The Morgan fingerprint density at radius 3 is 1.82 bits per heavy atom. The minimum Gasteiger partial charge on any atom is -0.481 e. The van der Waals surface area contributed by atoms with E-state index in [1.54, 1.807) is 6.92 Å². The molecule has 0 heterocycles. The van der Waals surface area contributed by atoms with E-state index in [1.807, 2.05) is 13.8 Å². The standard InChI is InChI=1S/C18H36O4/c1-5-6-7-11-17(3,21)13-9-14-18(4,22)12-8-10-15(2)16(19)20/h15,21-22H,5-14H2,1-4H3,(H,19,20). The largest absolute Gasteiger partial charge is 0.481 e. The SMILES string of the molecule is CCCCCC(C)(O)CCCC(C)(O)CCCC(C)C(=O)O. The molecule has 0 fully saturated rings. The number of aliphatic hydroxyl groups is 2. The Hall–Kier alpha value is -0.610. The Morgan fingerprint density at radius 1 is 0.909 bits per heavy atom. The van der Waals surface area contributed by atoms with E-state index >= 15 is 0 Å². The Morgan fingerprint density at radius 2 is 1.36 bits per heavy atom. The van der Waals surface area contributed by atoms with Gasteiger partial charge in [-0.1, -0.05) is 33.1 Å². The fourth-order valence-corrected chi connectivity index (χ4v) is 2.77. The molecule has 4 heteroatoms. The molecule has 0 saturated carbocycles. The quantitative estimate of drug-likeness (QED) is 0.446. The van der Waals surface area contributed by atoms with Gasteiger partial charge in [-0.2, -0.15) is 0 Å². The summed E-state index contributed by atoms with van der Waals surface area (Å²) >= 11 is 0. The van der Waals surface area contributed by atoms with Crippen molar-refractivity contribution in [3.05, 3.63) is 0 Å². The van der Waals surface area contributed by atoms with Gasteiger partial charge in [0.05, 0.1) is 17.1 Å². The predicted octanol–water partition coefficient (Wildman–Crippen LogP) is 4.13. The molecule has 0 bridgehead atoms. The van der Waals surface area contributed by atoms with Crippen LogP contribution in [0.1, 0.15) is 91.9 Å². The maximum Gasteiger partial charge on any atom is 0.306 e. The summed E-state index contributed by atoms with van der Waals surface area (Å²) in [6.07, 6.45) is 8.24. The average Bonchev–Trinajstić information content (AvgIpc) is 2.37. The van der Waals surface area contributed by atoms with E-state index < -0.39 is 17.2 Å². The molecule has 0 aromatic rings. The summed E-state index contributed by atoms with van der Waals surface area (Å²) in [5.74, 6) is -1.13. The highest BCUT2D eigenvalue weighted by molar-refractivity contribution is 5.69. The van der Waals surface area contributed by atoms with Gasteiger partial charge in [0, 0.05) is 0 Å². The van der Waals surface area contributed by atoms with E-state index in [0.29, 0.717) is 32.1 Å². The van der Waals surface area contributed by atoms with Crippen LogP contribution < -0.4 is 0 Å². The molecule has 132 valence electrons. The molecule has 0 aromatic heterocycles. The van der Waals surface area contributed by atoms with Crippen LogP contribution in [0.5, 0.6) is 0 Å². The molecule has 0 aliphatic carbocycles. The lowest BCUT2D eigenvalue weighted by Crippen LogP contribution is -2.28. The van der Waals surface area contributed by atoms with Gasteiger partial charge in [-0.15, -0.1) is 0 Å². The second-order valence-corrected chi connectivity index (χ2v) is 7.44. The predicted molar refractivity (Wildman–Crippen MR) is 89.9 cm³/mol. The van der Waals surface area contributed by atoms with E-state index in [2.05, 4.69) is 6.92 Å². The molecule has 3 unspecified atom stereocenters. The number of hydrogen-bond donors (Lipinski definition) is 3. The van der Waals surface area contributed by atoms with Crippen LogP contribution in [0.3, 0.4) is 0 Å². The molecule has 0 saturated heterocycles. The van der Waals surface area contributed by atoms with Gasteiger partial charge in [0.1, 0.15) is 0 Å². The zero-order valence-electron chi connectivity index (χ0n) is 14.9. The number of aliphatic carboxylic acids is 1. The van der Waals surface area contributed by atoms with Gasteiger partial charge in [0.25, 0.3) is 0 Å². The molecule has 0 aliphatic rings. The van der Waals surface area contributed by atoms with Crippen LogP contribution in [0, 0.1) is 5.92 Å². The molecule has 22 heavy (non-hydrogen) atoms. The van der Waals surface area contributed by atoms with Gasteiger partial charge in [-0.3, -0.25) is 4.79 Å². The molecule has 0 radical (unpaired) electrons. The minimum absolute atomic E-state index is 0.352. The Labute approximate surface area is 135 Å². The zero-order valence-corrected chi connectivity index (χ0v) is 14.9. The summed E-state index contributed by atoms with van der Waals surface area (Å²) in [5, 5.41) is 29.5. The van der Waals surface area contributed by atoms with Crippen LogP contribution in [0.25, 0.3) is 0 Å². The van der Waals surface area contributed by atoms with Gasteiger partial charge in [-0.05, 0) is 58.8 Å². The van der Waals surface area contributed by atoms with Crippen molar-refractivity contribution in [3.8, 4) is 0 Å². The monoisotopic (exact) mass is 316 g/mol. The Kier molecular flexibility index (Phi) is 9.94. The van der Waals surface area contributed by atoms with Gasteiger partial charge < -0.3 is 15.3 Å². The Balaban J connectivity index is 3.93. The van der Waals surface area contributed by atoms with Crippen molar-refractivity contribution in [2.45, 2.75) is 103 Å². The third-order valence-electron chi connectivity index (χ3n) is 4.52. The molecule has 0 aromatic carbocycles. The number of hydrogen-bond acceptors (Lipinski definition) is 3. The molecule has 0 rings (SSSR count). The van der Waals surface area contributed by atoms with E-state index in [4.69, 9.17) is 5.11 Å². The third kappa shape index (κ3) is 11.0. The lowest BCUT2D eigenvalue weighted by Gasteiger charge is -2.27. The summed E-state index contributed by atoms with van der Waals surface area (Å²) in [5.41, 5.74) is -1.40. The Bertz CT molecular complexity index is 310. The van der Waals surface area contributed by atoms with E-state index in [1.165, 1.54) is 0 Å². The first-order valence-corrected chi connectivity index (χ1v) is 8.77. The smallest absolute Gasteiger partial charge is 0.306 e.